The Bertz CT molecular complexity index is 1270. The monoisotopic (exact) mass is 475 g/mol. The Kier molecular flexibility index (Phi) is 7.41. The van der Waals surface area contributed by atoms with Crippen molar-refractivity contribution in [3.05, 3.63) is 83.8 Å². The van der Waals surface area contributed by atoms with Gasteiger partial charge in [0, 0.05) is 16.6 Å². The van der Waals surface area contributed by atoms with Crippen molar-refractivity contribution in [2.45, 2.75) is 6.92 Å². The van der Waals surface area contributed by atoms with Gasteiger partial charge in [0.25, 0.3) is 5.91 Å². The number of nitrogens with zero attached hydrogens (tertiary/aromatic N) is 4. The van der Waals surface area contributed by atoms with E-state index < -0.39 is 11.9 Å². The van der Waals surface area contributed by atoms with Crippen molar-refractivity contribution >= 4 is 34.4 Å². The topological polar surface area (TPSA) is 108 Å². The molecule has 2 heterocycles. The van der Waals surface area contributed by atoms with Gasteiger partial charge in [-0.15, -0.1) is 21.5 Å². The zero-order chi connectivity index (χ0) is 23.8. The standard InChI is InChI=1S/C24H21N5O4S/c1-2-32-24(31)22-20(18-6-4-3-5-7-18)14-34-23(22)28-21(30)13-33-27-12-17-8-10-19(11-9-17)29-15-25-26-16-29/h3-12,14-16H,2,13H2,1H3,(H,28,30)/b27-12+. The maximum Gasteiger partial charge on any atom is 0.341 e. The molecule has 0 aliphatic rings. The van der Waals surface area contributed by atoms with Crippen LogP contribution in [0.15, 0.2) is 77.8 Å². The Morgan fingerprint density at radius 1 is 1.09 bits per heavy atom. The van der Waals surface area contributed by atoms with Crippen LogP contribution in [0.3, 0.4) is 0 Å². The summed E-state index contributed by atoms with van der Waals surface area (Å²) in [6.07, 6.45) is 4.72. The molecule has 0 unspecified atom stereocenters. The van der Waals surface area contributed by atoms with Crippen LogP contribution < -0.4 is 5.32 Å². The van der Waals surface area contributed by atoms with E-state index in [1.165, 1.54) is 17.6 Å². The molecule has 1 N–H and O–H groups in total. The van der Waals surface area contributed by atoms with Gasteiger partial charge in [-0.1, -0.05) is 47.6 Å². The first-order valence-electron chi connectivity index (χ1n) is 10.4. The van der Waals surface area contributed by atoms with E-state index in [4.69, 9.17) is 9.57 Å². The van der Waals surface area contributed by atoms with Gasteiger partial charge < -0.3 is 14.9 Å². The Balaban J connectivity index is 1.37. The number of nitrogens with one attached hydrogen (secondary N) is 1. The fraction of sp³-hybridized carbons (Fsp3) is 0.125. The van der Waals surface area contributed by atoms with Gasteiger partial charge in [0.1, 0.15) is 23.2 Å². The van der Waals surface area contributed by atoms with Crippen molar-refractivity contribution in [3.8, 4) is 16.8 Å². The second-order valence-corrected chi connectivity index (χ2v) is 7.84. The van der Waals surface area contributed by atoms with E-state index >= 15 is 0 Å². The SMILES string of the molecule is CCOC(=O)c1c(-c2ccccc2)csc1NC(=O)CO/N=C/c1ccc(-n2cnnc2)cc1. The molecule has 4 rings (SSSR count). The van der Waals surface area contributed by atoms with Gasteiger partial charge in [-0.2, -0.15) is 0 Å². The minimum absolute atomic E-state index is 0.230. The average Bonchev–Trinajstić information content (AvgIpc) is 3.54. The number of benzene rings is 2. The van der Waals surface area contributed by atoms with Crippen LogP contribution in [0.2, 0.25) is 0 Å². The minimum atomic E-state index is -0.494. The summed E-state index contributed by atoms with van der Waals surface area (Å²) in [6.45, 7) is 1.66. The highest BCUT2D eigenvalue weighted by atomic mass is 32.1. The molecule has 1 amide bonds. The molecular weight excluding hydrogens is 454 g/mol. The summed E-state index contributed by atoms with van der Waals surface area (Å²) in [4.78, 5) is 30.1. The number of ether oxygens (including phenoxy) is 1. The third-order valence-corrected chi connectivity index (χ3v) is 5.59. The van der Waals surface area contributed by atoms with E-state index in [9.17, 15) is 9.59 Å². The zero-order valence-corrected chi connectivity index (χ0v) is 19.1. The van der Waals surface area contributed by atoms with Crippen molar-refractivity contribution in [2.24, 2.45) is 5.16 Å². The Morgan fingerprint density at radius 2 is 1.82 bits per heavy atom. The normalized spacial score (nSPS) is 10.9. The van der Waals surface area contributed by atoms with Crippen LogP contribution in [0.1, 0.15) is 22.8 Å². The number of carbonyl (C=O) groups excluding carboxylic acids is 2. The zero-order valence-electron chi connectivity index (χ0n) is 18.2. The molecule has 10 heteroatoms. The number of amides is 1. The first-order valence-corrected chi connectivity index (χ1v) is 11.3. The van der Waals surface area contributed by atoms with Crippen LogP contribution in [0.4, 0.5) is 5.00 Å². The van der Waals surface area contributed by atoms with E-state index in [1.54, 1.807) is 24.1 Å². The lowest BCUT2D eigenvalue weighted by molar-refractivity contribution is -0.120. The number of anilines is 1. The van der Waals surface area contributed by atoms with Gasteiger partial charge in [-0.25, -0.2) is 4.79 Å². The van der Waals surface area contributed by atoms with Crippen molar-refractivity contribution in [2.75, 3.05) is 18.5 Å². The van der Waals surface area contributed by atoms with Crippen molar-refractivity contribution in [1.82, 2.24) is 14.8 Å². The van der Waals surface area contributed by atoms with Crippen LogP contribution in [0, 0.1) is 0 Å². The average molecular weight is 476 g/mol. The highest BCUT2D eigenvalue weighted by molar-refractivity contribution is 7.15. The lowest BCUT2D eigenvalue weighted by Crippen LogP contribution is -2.18. The van der Waals surface area contributed by atoms with Gasteiger partial charge in [0.2, 0.25) is 0 Å². The van der Waals surface area contributed by atoms with Gasteiger partial charge in [-0.05, 0) is 30.2 Å². The van der Waals surface area contributed by atoms with Crippen LogP contribution in [-0.2, 0) is 14.4 Å². The van der Waals surface area contributed by atoms with Crippen molar-refractivity contribution in [3.63, 3.8) is 0 Å². The lowest BCUT2D eigenvalue weighted by atomic mass is 10.0. The number of hydrogen-bond donors (Lipinski definition) is 1. The summed E-state index contributed by atoms with van der Waals surface area (Å²) < 4.78 is 6.98. The summed E-state index contributed by atoms with van der Waals surface area (Å²) in [5.74, 6) is -0.932. The van der Waals surface area contributed by atoms with Crippen LogP contribution in [-0.4, -0.2) is 46.1 Å². The van der Waals surface area contributed by atoms with Gasteiger partial charge >= 0.3 is 5.97 Å². The number of aromatic nitrogens is 3. The fourth-order valence-corrected chi connectivity index (χ4v) is 4.08. The Hall–Kier alpha value is -4.31. The van der Waals surface area contributed by atoms with Gasteiger partial charge in [0.05, 0.1) is 12.8 Å². The molecule has 0 spiro atoms. The molecule has 2 aromatic carbocycles. The lowest BCUT2D eigenvalue weighted by Gasteiger charge is -2.08. The molecule has 0 fully saturated rings. The predicted molar refractivity (Wildman–Crippen MR) is 129 cm³/mol. The number of carbonyl (C=O) groups is 2. The molecule has 0 radical (unpaired) electrons. The molecule has 0 aliphatic heterocycles. The molecule has 34 heavy (non-hydrogen) atoms. The minimum Gasteiger partial charge on any atom is -0.462 e. The number of hydrogen-bond acceptors (Lipinski definition) is 8. The van der Waals surface area contributed by atoms with E-state index in [2.05, 4.69) is 20.7 Å². The molecule has 9 nitrogen and oxygen atoms in total. The summed E-state index contributed by atoms with van der Waals surface area (Å²) in [5, 5.41) is 16.3. The summed E-state index contributed by atoms with van der Waals surface area (Å²) in [5.41, 5.74) is 3.59. The largest absolute Gasteiger partial charge is 0.462 e. The van der Waals surface area contributed by atoms with Crippen molar-refractivity contribution in [1.29, 1.82) is 0 Å². The predicted octanol–water partition coefficient (Wildman–Crippen LogP) is 4.16. The highest BCUT2D eigenvalue weighted by Gasteiger charge is 2.22. The number of thiophene rings is 1. The van der Waals surface area contributed by atoms with Crippen LogP contribution in [0.25, 0.3) is 16.8 Å². The maximum atomic E-state index is 12.6. The Labute approximate surface area is 199 Å². The van der Waals surface area contributed by atoms with E-state index in [-0.39, 0.29) is 13.2 Å². The summed E-state index contributed by atoms with van der Waals surface area (Å²) in [6, 6.07) is 16.9. The van der Waals surface area contributed by atoms with Crippen molar-refractivity contribution < 1.29 is 19.2 Å². The number of oxime groups is 1. The summed E-state index contributed by atoms with van der Waals surface area (Å²) >= 11 is 1.25. The smallest absolute Gasteiger partial charge is 0.341 e. The third-order valence-electron chi connectivity index (χ3n) is 4.69. The molecular formula is C24H21N5O4S. The first-order chi connectivity index (χ1) is 16.7. The quantitative estimate of drug-likeness (QED) is 0.221. The fourth-order valence-electron chi connectivity index (χ4n) is 3.11. The molecule has 0 saturated carbocycles. The molecule has 0 aliphatic carbocycles. The maximum absolute atomic E-state index is 12.6. The molecule has 0 saturated heterocycles. The molecule has 2 aromatic heterocycles. The summed E-state index contributed by atoms with van der Waals surface area (Å²) in [7, 11) is 0. The van der Waals surface area contributed by atoms with Crippen LogP contribution in [0.5, 0.6) is 0 Å². The molecule has 0 atom stereocenters. The second kappa shape index (κ2) is 11.0. The van der Waals surface area contributed by atoms with Gasteiger partial charge in [0.15, 0.2) is 6.61 Å². The first kappa shape index (κ1) is 22.9. The van der Waals surface area contributed by atoms with E-state index in [1.807, 2.05) is 60.0 Å². The molecule has 4 aromatic rings. The number of rotatable bonds is 9. The van der Waals surface area contributed by atoms with E-state index in [0.29, 0.717) is 16.1 Å². The molecule has 0 bridgehead atoms. The molecule has 172 valence electrons. The Morgan fingerprint density at radius 3 is 2.53 bits per heavy atom. The second-order valence-electron chi connectivity index (χ2n) is 6.96. The van der Waals surface area contributed by atoms with E-state index in [0.717, 1.165) is 16.8 Å². The highest BCUT2D eigenvalue weighted by Crippen LogP contribution is 2.36. The van der Waals surface area contributed by atoms with Gasteiger partial charge in [-0.3, -0.25) is 9.36 Å². The third kappa shape index (κ3) is 5.54. The number of esters is 1. The van der Waals surface area contributed by atoms with Crippen LogP contribution >= 0.6 is 11.3 Å².